The number of aryl methyl sites for hydroxylation is 1. The van der Waals surface area contributed by atoms with Crippen molar-refractivity contribution in [3.05, 3.63) is 78.1 Å². The number of carbonyl (C=O) groups excluding carboxylic acids is 6. The Hall–Kier alpha value is -6.06. The highest BCUT2D eigenvalue weighted by atomic mass is 31.2. The summed E-state index contributed by atoms with van der Waals surface area (Å²) in [6, 6.07) is 6.84. The first-order valence-electron chi connectivity index (χ1n) is 22.4. The van der Waals surface area contributed by atoms with E-state index in [1.54, 1.807) is 29.2 Å². The highest BCUT2D eigenvalue weighted by Gasteiger charge is 2.37. The van der Waals surface area contributed by atoms with Crippen molar-refractivity contribution in [3.63, 3.8) is 0 Å². The quantitative estimate of drug-likeness (QED) is 0.0234. The molecule has 6 atom stereocenters. The Labute approximate surface area is 394 Å². The van der Waals surface area contributed by atoms with Crippen molar-refractivity contribution >= 4 is 49.5 Å². The fourth-order valence-corrected chi connectivity index (χ4v) is 8.22. The Balaban J connectivity index is 1.42. The third-order valence-electron chi connectivity index (χ3n) is 11.1. The van der Waals surface area contributed by atoms with Gasteiger partial charge < -0.3 is 56.2 Å². The summed E-state index contributed by atoms with van der Waals surface area (Å²) >= 11 is 0. The molecule has 1 fully saturated rings. The Kier molecular flexibility index (Phi) is 21.2. The molecular formula is C45H63FN9O12P. The SMILES string of the molecule is CC(=O)N1CCC[C@H]1C(=O)N[C@@H](CC(C)C)C(=O)N[C@@H](Cc1cncn1CCCCCCO/N=C\c1ccccc1-c1ccc(F)cc1)C(=O)N[C@@H](CO)C(=O)N[C@H](C(N)=O)[C@@H](C)OP(=O)(O)O. The van der Waals surface area contributed by atoms with Crippen LogP contribution in [0.3, 0.4) is 0 Å². The number of oxime groups is 1. The maximum atomic E-state index is 14.1. The largest absolute Gasteiger partial charge is 0.469 e. The molecule has 3 aromatic rings. The number of hydrogen-bond acceptors (Lipinski definition) is 12. The molecule has 1 aliphatic rings. The zero-order chi connectivity index (χ0) is 50.0. The van der Waals surface area contributed by atoms with E-state index in [0.717, 1.165) is 36.5 Å². The number of primary amides is 1. The van der Waals surface area contributed by atoms with Gasteiger partial charge in [-0.25, -0.2) is 13.9 Å². The third-order valence-corrected chi connectivity index (χ3v) is 11.7. The number of hydrogen-bond donors (Lipinski definition) is 8. The normalized spacial score (nSPS) is 16.1. The van der Waals surface area contributed by atoms with E-state index in [2.05, 4.69) is 35.9 Å². The van der Waals surface area contributed by atoms with Crippen LogP contribution in [0.5, 0.6) is 0 Å². The average molecular weight is 972 g/mol. The van der Waals surface area contributed by atoms with E-state index in [4.69, 9.17) is 10.6 Å². The number of phosphoric ester groups is 1. The molecule has 6 amide bonds. The number of unbranched alkanes of at least 4 members (excludes halogenated alkanes) is 3. The Morgan fingerprint density at radius 3 is 2.25 bits per heavy atom. The summed E-state index contributed by atoms with van der Waals surface area (Å²) in [5, 5.41) is 24.3. The molecule has 0 spiro atoms. The van der Waals surface area contributed by atoms with Gasteiger partial charge in [-0.05, 0) is 74.6 Å². The Morgan fingerprint density at radius 1 is 0.926 bits per heavy atom. The number of rotatable bonds is 27. The number of halogens is 1. The molecule has 2 heterocycles. The number of nitrogens with zero attached hydrogens (tertiary/aromatic N) is 4. The van der Waals surface area contributed by atoms with Crippen molar-refractivity contribution in [1.82, 2.24) is 35.7 Å². The number of nitrogens with two attached hydrogens (primary N) is 1. The van der Waals surface area contributed by atoms with Crippen molar-refractivity contribution < 1.29 is 62.0 Å². The van der Waals surface area contributed by atoms with Crippen molar-refractivity contribution in [2.75, 3.05) is 19.8 Å². The molecule has 0 aliphatic carbocycles. The maximum absolute atomic E-state index is 14.1. The standard InChI is InChI=1S/C45H63FN9O12P/c1-28(2)22-36(51-45(62)39-14-11-20-55(39)30(4)57)42(59)50-37(43(60)52-38(26-56)44(61)53-40(41(47)58)29(3)67-68(63,64)65)23-34-25-48-27-54(34)19-9-5-6-10-21-66-49-24-32-12-7-8-13-35(32)31-15-17-33(46)18-16-31/h7-8,12-13,15-18,24-25,27-29,36-40,56H,5-6,9-11,14,19-23,26H2,1-4H3,(H2,47,58)(H,50,59)(H,51,62)(H,52,60)(H,53,61)(H2,63,64,65)/b49-24-/t29-,36+,37+,38+,39+,40+/m1/s1. The van der Waals surface area contributed by atoms with Gasteiger partial charge in [0.15, 0.2) is 0 Å². The molecule has 1 aliphatic heterocycles. The fourth-order valence-electron chi connectivity index (χ4n) is 7.67. The van der Waals surface area contributed by atoms with Gasteiger partial charge >= 0.3 is 7.82 Å². The number of amides is 6. The van der Waals surface area contributed by atoms with Crippen LogP contribution in [0.4, 0.5) is 4.39 Å². The highest BCUT2D eigenvalue weighted by molar-refractivity contribution is 7.46. The van der Waals surface area contributed by atoms with E-state index in [9.17, 15) is 52.6 Å². The smallest absolute Gasteiger partial charge is 0.396 e. The van der Waals surface area contributed by atoms with Gasteiger partial charge in [-0.3, -0.25) is 33.3 Å². The number of carbonyl (C=O) groups is 6. The molecule has 2 aromatic carbocycles. The van der Waals surface area contributed by atoms with Crippen molar-refractivity contribution in [3.8, 4) is 11.1 Å². The first-order valence-corrected chi connectivity index (χ1v) is 23.9. The first kappa shape index (κ1) is 54.5. The fraction of sp³-hybridized carbons (Fsp3) is 0.511. The molecule has 372 valence electrons. The van der Waals surface area contributed by atoms with E-state index in [1.165, 1.54) is 30.2 Å². The molecule has 0 saturated carbocycles. The molecule has 1 saturated heterocycles. The number of likely N-dealkylation sites (tertiary alicyclic amines) is 1. The summed E-state index contributed by atoms with van der Waals surface area (Å²) in [7, 11) is -5.13. The third kappa shape index (κ3) is 17.2. The van der Waals surface area contributed by atoms with Crippen LogP contribution in [0.2, 0.25) is 0 Å². The highest BCUT2D eigenvalue weighted by Crippen LogP contribution is 2.38. The second-order valence-corrected chi connectivity index (χ2v) is 18.1. The monoisotopic (exact) mass is 971 g/mol. The maximum Gasteiger partial charge on any atom is 0.469 e. The van der Waals surface area contributed by atoms with Crippen molar-refractivity contribution in [2.45, 2.75) is 122 Å². The van der Waals surface area contributed by atoms with Crippen molar-refractivity contribution in [1.29, 1.82) is 0 Å². The molecular weight excluding hydrogens is 909 g/mol. The van der Waals surface area contributed by atoms with Gasteiger partial charge in [-0.1, -0.05) is 61.8 Å². The summed E-state index contributed by atoms with van der Waals surface area (Å²) in [4.78, 5) is 109. The molecule has 9 N–H and O–H groups in total. The molecule has 68 heavy (non-hydrogen) atoms. The first-order chi connectivity index (χ1) is 32.3. The van der Waals surface area contributed by atoms with Gasteiger partial charge in [-0.2, -0.15) is 0 Å². The molecule has 4 rings (SSSR count). The van der Waals surface area contributed by atoms with Gasteiger partial charge in [0, 0.05) is 43.9 Å². The number of benzene rings is 2. The summed E-state index contributed by atoms with van der Waals surface area (Å²) < 4.78 is 31.2. The van der Waals surface area contributed by atoms with Crippen LogP contribution < -0.4 is 27.0 Å². The van der Waals surface area contributed by atoms with Gasteiger partial charge in [0.25, 0.3) is 0 Å². The minimum Gasteiger partial charge on any atom is -0.396 e. The summed E-state index contributed by atoms with van der Waals surface area (Å²) in [6.07, 6.45) is 7.03. The minimum atomic E-state index is -5.13. The van der Waals surface area contributed by atoms with Crippen LogP contribution in [0.1, 0.15) is 83.9 Å². The second kappa shape index (κ2) is 26.5. The predicted octanol–water partition coefficient (Wildman–Crippen LogP) is 1.81. The van der Waals surface area contributed by atoms with Crippen LogP contribution in [0.25, 0.3) is 11.1 Å². The predicted molar refractivity (Wildman–Crippen MR) is 246 cm³/mol. The van der Waals surface area contributed by atoms with Crippen LogP contribution in [0.15, 0.2) is 66.2 Å². The molecule has 1 aromatic heterocycles. The van der Waals surface area contributed by atoms with E-state index in [1.807, 2.05) is 38.1 Å². The minimum absolute atomic E-state index is 0.110. The number of aromatic nitrogens is 2. The van der Waals surface area contributed by atoms with E-state index in [0.29, 0.717) is 51.1 Å². The number of phosphoric acid groups is 1. The van der Waals surface area contributed by atoms with Crippen LogP contribution in [0, 0.1) is 11.7 Å². The van der Waals surface area contributed by atoms with Crippen LogP contribution >= 0.6 is 7.82 Å². The molecule has 23 heteroatoms. The molecule has 0 radical (unpaired) electrons. The van der Waals surface area contributed by atoms with Gasteiger partial charge in [-0.15, -0.1) is 0 Å². The van der Waals surface area contributed by atoms with Gasteiger partial charge in [0.05, 0.1) is 25.3 Å². The number of aliphatic hydroxyl groups excluding tert-OH is 1. The van der Waals surface area contributed by atoms with E-state index >= 15 is 0 Å². The average Bonchev–Trinajstić information content (AvgIpc) is 3.96. The molecule has 21 nitrogen and oxygen atoms in total. The molecule has 0 bridgehead atoms. The van der Waals surface area contributed by atoms with Crippen molar-refractivity contribution in [2.24, 2.45) is 16.8 Å². The summed E-state index contributed by atoms with van der Waals surface area (Å²) in [5.74, 6) is -5.34. The van der Waals surface area contributed by atoms with Crippen LogP contribution in [-0.2, 0) is 55.7 Å². The van der Waals surface area contributed by atoms with E-state index in [-0.39, 0.29) is 30.5 Å². The lowest BCUT2D eigenvalue weighted by Crippen LogP contribution is -2.61. The summed E-state index contributed by atoms with van der Waals surface area (Å²) in [6.45, 7) is 6.31. The Bertz CT molecular complexity index is 2260. The lowest BCUT2D eigenvalue weighted by atomic mass is 10.0. The molecule has 0 unspecified atom stereocenters. The topological polar surface area (TPSA) is 306 Å². The zero-order valence-electron chi connectivity index (χ0n) is 38.6. The zero-order valence-corrected chi connectivity index (χ0v) is 39.5. The van der Waals surface area contributed by atoms with Gasteiger partial charge in [0.1, 0.15) is 42.6 Å². The van der Waals surface area contributed by atoms with E-state index < -0.39 is 80.3 Å². The second-order valence-electron chi connectivity index (χ2n) is 16.9. The van der Waals surface area contributed by atoms with Gasteiger partial charge in [0.2, 0.25) is 35.4 Å². The lowest BCUT2D eigenvalue weighted by Gasteiger charge is -2.28. The summed E-state index contributed by atoms with van der Waals surface area (Å²) in [5.41, 5.74) is 8.41. The number of aliphatic hydroxyl groups is 1. The number of imidazole rings is 1. The Morgan fingerprint density at radius 2 is 1.59 bits per heavy atom. The van der Waals surface area contributed by atoms with Crippen LogP contribution in [-0.4, -0.2) is 127 Å². The number of nitrogens with one attached hydrogen (secondary N) is 4. The lowest BCUT2D eigenvalue weighted by molar-refractivity contribution is -0.139.